The lowest BCUT2D eigenvalue weighted by atomic mass is 10.0. The van der Waals surface area contributed by atoms with E-state index in [1.54, 1.807) is 7.05 Å². The van der Waals surface area contributed by atoms with Crippen LogP contribution in [0.1, 0.15) is 39.5 Å². The summed E-state index contributed by atoms with van der Waals surface area (Å²) in [6.07, 6.45) is 3.19. The van der Waals surface area contributed by atoms with Crippen LogP contribution in [0.5, 0.6) is 0 Å². The molecule has 0 aliphatic heterocycles. The molecule has 0 bridgehead atoms. The van der Waals surface area contributed by atoms with Crippen LogP contribution in [0.15, 0.2) is 0 Å². The molecule has 88 valence electrons. The summed E-state index contributed by atoms with van der Waals surface area (Å²) >= 11 is 0. The number of amides is 1. The lowest BCUT2D eigenvalue weighted by molar-refractivity contribution is 0.00795. The van der Waals surface area contributed by atoms with Crippen LogP contribution in [-0.2, 0) is 4.74 Å². The molecule has 0 unspecified atom stereocenters. The van der Waals surface area contributed by atoms with E-state index < -0.39 is 5.60 Å². The molecule has 1 aliphatic rings. The number of nitrogens with zero attached hydrogens (tertiary/aromatic N) is 1. The van der Waals surface area contributed by atoms with Gasteiger partial charge in [0.1, 0.15) is 0 Å². The molecule has 0 aromatic carbocycles. The zero-order valence-electron chi connectivity index (χ0n) is 9.82. The number of hydrogen-bond donors (Lipinski definition) is 1. The van der Waals surface area contributed by atoms with Gasteiger partial charge in [0, 0.05) is 7.05 Å². The van der Waals surface area contributed by atoms with Crippen LogP contribution in [0.3, 0.4) is 0 Å². The first kappa shape index (κ1) is 12.3. The molecule has 0 atom stereocenters. The van der Waals surface area contributed by atoms with Crippen molar-refractivity contribution in [2.45, 2.75) is 51.2 Å². The molecule has 1 fully saturated rings. The van der Waals surface area contributed by atoms with Crippen molar-refractivity contribution in [1.29, 1.82) is 0 Å². The monoisotopic (exact) mass is 215 g/mol. The van der Waals surface area contributed by atoms with Crippen LogP contribution in [0.2, 0.25) is 0 Å². The molecule has 0 heterocycles. The second-order valence-electron chi connectivity index (χ2n) is 4.72. The van der Waals surface area contributed by atoms with Crippen LogP contribution >= 0.6 is 0 Å². The smallest absolute Gasteiger partial charge is 0.409 e. The minimum absolute atomic E-state index is 0.113. The van der Waals surface area contributed by atoms with E-state index in [0.717, 1.165) is 25.7 Å². The van der Waals surface area contributed by atoms with Crippen LogP contribution < -0.4 is 0 Å². The normalized spacial score (nSPS) is 19.3. The first-order chi connectivity index (χ1) is 6.93. The Morgan fingerprint density at radius 1 is 1.47 bits per heavy atom. The molecule has 0 saturated heterocycles. The van der Waals surface area contributed by atoms with E-state index >= 15 is 0 Å². The molecular formula is C11H21NO3. The van der Waals surface area contributed by atoms with E-state index in [-0.39, 0.29) is 12.2 Å². The number of hydrogen-bond acceptors (Lipinski definition) is 3. The molecule has 4 heteroatoms. The molecule has 0 aromatic rings. The Labute approximate surface area is 91.2 Å². The maximum atomic E-state index is 11.5. The average molecular weight is 215 g/mol. The largest absolute Gasteiger partial charge is 0.447 e. The SMILES string of the molecule is CC(C)OC(=O)N(C)CC1(O)CCCC1. The lowest BCUT2D eigenvalue weighted by Gasteiger charge is -2.28. The van der Waals surface area contributed by atoms with Crippen LogP contribution in [0.25, 0.3) is 0 Å². The highest BCUT2D eigenvalue weighted by Crippen LogP contribution is 2.29. The molecule has 1 N–H and O–H groups in total. The van der Waals surface area contributed by atoms with Gasteiger partial charge in [-0.25, -0.2) is 4.79 Å². The van der Waals surface area contributed by atoms with Crippen molar-refractivity contribution in [2.75, 3.05) is 13.6 Å². The van der Waals surface area contributed by atoms with Gasteiger partial charge in [0.2, 0.25) is 0 Å². The fraction of sp³-hybridized carbons (Fsp3) is 0.909. The highest BCUT2D eigenvalue weighted by Gasteiger charge is 2.33. The van der Waals surface area contributed by atoms with E-state index in [4.69, 9.17) is 4.74 Å². The maximum absolute atomic E-state index is 11.5. The summed E-state index contributed by atoms with van der Waals surface area (Å²) in [6.45, 7) is 4.00. The summed E-state index contributed by atoms with van der Waals surface area (Å²) in [5.74, 6) is 0. The van der Waals surface area contributed by atoms with Crippen molar-refractivity contribution in [1.82, 2.24) is 4.90 Å². The van der Waals surface area contributed by atoms with Crippen LogP contribution in [-0.4, -0.2) is 41.4 Å². The first-order valence-electron chi connectivity index (χ1n) is 5.57. The predicted octanol–water partition coefficient (Wildman–Crippen LogP) is 1.77. The molecule has 1 saturated carbocycles. The van der Waals surface area contributed by atoms with Crippen molar-refractivity contribution in [3.05, 3.63) is 0 Å². The molecule has 0 spiro atoms. The van der Waals surface area contributed by atoms with Crippen molar-refractivity contribution in [2.24, 2.45) is 0 Å². The van der Waals surface area contributed by atoms with Crippen molar-refractivity contribution in [3.8, 4) is 0 Å². The Morgan fingerprint density at radius 2 is 2.00 bits per heavy atom. The van der Waals surface area contributed by atoms with E-state index in [2.05, 4.69) is 0 Å². The molecule has 15 heavy (non-hydrogen) atoms. The topological polar surface area (TPSA) is 49.8 Å². The second-order valence-corrected chi connectivity index (χ2v) is 4.72. The number of aliphatic hydroxyl groups is 1. The Balaban J connectivity index is 2.40. The fourth-order valence-corrected chi connectivity index (χ4v) is 1.99. The summed E-state index contributed by atoms with van der Waals surface area (Å²) in [5.41, 5.74) is -0.690. The first-order valence-corrected chi connectivity index (χ1v) is 5.57. The predicted molar refractivity (Wildman–Crippen MR) is 57.7 cm³/mol. The number of ether oxygens (including phenoxy) is 1. The van der Waals surface area contributed by atoms with Gasteiger partial charge in [0.25, 0.3) is 0 Å². The van der Waals surface area contributed by atoms with E-state index in [0.29, 0.717) is 6.54 Å². The van der Waals surface area contributed by atoms with Gasteiger partial charge in [-0.05, 0) is 26.7 Å². The molecule has 0 radical (unpaired) electrons. The van der Waals surface area contributed by atoms with Crippen LogP contribution in [0.4, 0.5) is 4.79 Å². The Kier molecular flexibility index (Phi) is 3.97. The third kappa shape index (κ3) is 3.70. The zero-order chi connectivity index (χ0) is 11.5. The number of likely N-dealkylation sites (N-methyl/N-ethyl adjacent to an activating group) is 1. The van der Waals surface area contributed by atoms with Gasteiger partial charge in [-0.3, -0.25) is 0 Å². The average Bonchev–Trinajstić information content (AvgIpc) is 2.50. The highest BCUT2D eigenvalue weighted by atomic mass is 16.6. The second kappa shape index (κ2) is 4.84. The number of carbonyl (C=O) groups is 1. The minimum Gasteiger partial charge on any atom is -0.447 e. The lowest BCUT2D eigenvalue weighted by Crippen LogP contribution is -2.42. The van der Waals surface area contributed by atoms with Crippen LogP contribution in [0, 0.1) is 0 Å². The van der Waals surface area contributed by atoms with Gasteiger partial charge < -0.3 is 14.7 Å². The Hall–Kier alpha value is -0.770. The van der Waals surface area contributed by atoms with Gasteiger partial charge in [0.05, 0.1) is 18.2 Å². The summed E-state index contributed by atoms with van der Waals surface area (Å²) in [5, 5.41) is 10.1. The van der Waals surface area contributed by atoms with Crippen molar-refractivity contribution >= 4 is 6.09 Å². The number of rotatable bonds is 3. The molecule has 0 aromatic heterocycles. The van der Waals surface area contributed by atoms with E-state index in [9.17, 15) is 9.90 Å². The van der Waals surface area contributed by atoms with Gasteiger partial charge in [-0.1, -0.05) is 12.8 Å². The quantitative estimate of drug-likeness (QED) is 0.780. The van der Waals surface area contributed by atoms with Gasteiger partial charge in [0.15, 0.2) is 0 Å². The third-order valence-corrected chi connectivity index (χ3v) is 2.71. The third-order valence-electron chi connectivity index (χ3n) is 2.71. The van der Waals surface area contributed by atoms with Crippen molar-refractivity contribution < 1.29 is 14.6 Å². The Bertz CT molecular complexity index is 222. The Morgan fingerprint density at radius 3 is 2.47 bits per heavy atom. The summed E-state index contributed by atoms with van der Waals surface area (Å²) < 4.78 is 5.04. The van der Waals surface area contributed by atoms with E-state index in [1.807, 2.05) is 13.8 Å². The molecular weight excluding hydrogens is 194 g/mol. The summed E-state index contributed by atoms with van der Waals surface area (Å²) in [7, 11) is 1.67. The highest BCUT2D eigenvalue weighted by molar-refractivity contribution is 5.67. The number of carbonyl (C=O) groups excluding carboxylic acids is 1. The van der Waals surface area contributed by atoms with E-state index in [1.165, 1.54) is 4.90 Å². The summed E-state index contributed by atoms with van der Waals surface area (Å²) in [4.78, 5) is 12.9. The van der Waals surface area contributed by atoms with Crippen molar-refractivity contribution in [3.63, 3.8) is 0 Å². The maximum Gasteiger partial charge on any atom is 0.409 e. The van der Waals surface area contributed by atoms with Gasteiger partial charge in [-0.15, -0.1) is 0 Å². The fourth-order valence-electron chi connectivity index (χ4n) is 1.99. The molecule has 4 nitrogen and oxygen atoms in total. The van der Waals surface area contributed by atoms with Gasteiger partial charge in [-0.2, -0.15) is 0 Å². The molecule has 1 amide bonds. The minimum atomic E-state index is -0.690. The summed E-state index contributed by atoms with van der Waals surface area (Å²) in [6, 6.07) is 0. The standard InChI is InChI=1S/C11H21NO3/c1-9(2)15-10(13)12(3)8-11(14)6-4-5-7-11/h9,14H,4-8H2,1-3H3. The zero-order valence-corrected chi connectivity index (χ0v) is 9.82. The molecule has 1 rings (SSSR count). The van der Waals surface area contributed by atoms with Gasteiger partial charge >= 0.3 is 6.09 Å². The molecule has 1 aliphatic carbocycles.